The zero-order chi connectivity index (χ0) is 23.4. The van der Waals surface area contributed by atoms with Crippen molar-refractivity contribution in [3.8, 4) is 17.1 Å². The second kappa shape index (κ2) is 9.86. The van der Waals surface area contributed by atoms with Crippen molar-refractivity contribution >= 4 is 28.4 Å². The number of alkyl halides is 2. The van der Waals surface area contributed by atoms with Crippen molar-refractivity contribution in [3.63, 3.8) is 0 Å². The summed E-state index contributed by atoms with van der Waals surface area (Å²) >= 11 is 1.15. The number of carbonyl (C=O) groups is 1. The number of amides is 1. The lowest BCUT2D eigenvalue weighted by Gasteiger charge is -2.15. The molecule has 4 aromatic rings. The van der Waals surface area contributed by atoms with Crippen LogP contribution in [0.2, 0.25) is 0 Å². The van der Waals surface area contributed by atoms with Crippen LogP contribution in [-0.4, -0.2) is 33.1 Å². The Morgan fingerprint density at radius 1 is 1.09 bits per heavy atom. The molecule has 10 heteroatoms. The zero-order valence-electron chi connectivity index (χ0n) is 17.6. The van der Waals surface area contributed by atoms with Crippen molar-refractivity contribution in [3.05, 3.63) is 72.3 Å². The summed E-state index contributed by atoms with van der Waals surface area (Å²) in [5, 5.41) is 13.7. The molecule has 170 valence electrons. The van der Waals surface area contributed by atoms with Crippen LogP contribution in [0.5, 0.6) is 5.75 Å². The van der Waals surface area contributed by atoms with Gasteiger partial charge in [0.25, 0.3) is 0 Å². The van der Waals surface area contributed by atoms with E-state index in [1.807, 2.05) is 43.3 Å². The van der Waals surface area contributed by atoms with Gasteiger partial charge in [0.2, 0.25) is 11.1 Å². The van der Waals surface area contributed by atoms with E-state index in [-0.39, 0.29) is 23.5 Å². The van der Waals surface area contributed by atoms with Crippen molar-refractivity contribution < 1.29 is 18.3 Å². The number of nitrogens with two attached hydrogens (primary N) is 1. The molecule has 0 aliphatic heterocycles. The van der Waals surface area contributed by atoms with Gasteiger partial charge < -0.3 is 15.9 Å². The number of halogens is 2. The number of nitrogens with one attached hydrogen (secondary N) is 1. The highest BCUT2D eigenvalue weighted by molar-refractivity contribution is 7.99. The smallest absolute Gasteiger partial charge is 0.387 e. The SMILES string of the molecule is CC(NC(=O)CSc1nnc(-c2ccc(OC(F)F)cc2)n1N)c1ccc2ccccc2c1. The fourth-order valence-electron chi connectivity index (χ4n) is 3.33. The number of benzene rings is 3. The molecule has 1 unspecified atom stereocenters. The molecule has 0 spiro atoms. The van der Waals surface area contributed by atoms with E-state index in [9.17, 15) is 13.6 Å². The summed E-state index contributed by atoms with van der Waals surface area (Å²) in [6.45, 7) is -0.968. The van der Waals surface area contributed by atoms with Gasteiger partial charge in [0.1, 0.15) is 5.75 Å². The molecule has 0 saturated carbocycles. The predicted molar refractivity (Wildman–Crippen MR) is 123 cm³/mol. The van der Waals surface area contributed by atoms with Crippen LogP contribution < -0.4 is 15.9 Å². The molecule has 3 aromatic carbocycles. The lowest BCUT2D eigenvalue weighted by Crippen LogP contribution is -2.28. The lowest BCUT2D eigenvalue weighted by atomic mass is 10.0. The number of nitrogen functional groups attached to an aromatic ring is 1. The quantitative estimate of drug-likeness (QED) is 0.294. The lowest BCUT2D eigenvalue weighted by molar-refractivity contribution is -0.119. The molecule has 33 heavy (non-hydrogen) atoms. The number of carbonyl (C=O) groups excluding carboxylic acids is 1. The van der Waals surface area contributed by atoms with Crippen LogP contribution in [-0.2, 0) is 4.79 Å². The largest absolute Gasteiger partial charge is 0.435 e. The van der Waals surface area contributed by atoms with E-state index in [0.717, 1.165) is 28.1 Å². The molecule has 4 rings (SSSR count). The van der Waals surface area contributed by atoms with E-state index < -0.39 is 6.61 Å². The summed E-state index contributed by atoms with van der Waals surface area (Å²) < 4.78 is 30.2. The monoisotopic (exact) mass is 469 g/mol. The normalized spacial score (nSPS) is 12.1. The first kappa shape index (κ1) is 22.5. The topological polar surface area (TPSA) is 95.1 Å². The third-order valence-electron chi connectivity index (χ3n) is 4.99. The number of ether oxygens (including phenoxy) is 1. The van der Waals surface area contributed by atoms with E-state index in [1.165, 1.54) is 16.8 Å². The molecule has 0 aliphatic rings. The summed E-state index contributed by atoms with van der Waals surface area (Å²) in [5.74, 6) is 6.38. The number of aromatic nitrogens is 3. The third-order valence-corrected chi connectivity index (χ3v) is 5.93. The van der Waals surface area contributed by atoms with Crippen LogP contribution in [0.3, 0.4) is 0 Å². The predicted octanol–water partition coefficient (Wildman–Crippen LogP) is 4.38. The maximum atomic E-state index is 12.5. The van der Waals surface area contributed by atoms with E-state index in [4.69, 9.17) is 5.84 Å². The first-order chi connectivity index (χ1) is 15.9. The van der Waals surface area contributed by atoms with Gasteiger partial charge in [0.05, 0.1) is 11.8 Å². The second-order valence-corrected chi connectivity index (χ2v) is 8.21. The van der Waals surface area contributed by atoms with Crippen LogP contribution >= 0.6 is 11.8 Å². The fraction of sp³-hybridized carbons (Fsp3) is 0.174. The molecule has 0 bridgehead atoms. The van der Waals surface area contributed by atoms with Gasteiger partial charge in [0, 0.05) is 5.56 Å². The summed E-state index contributed by atoms with van der Waals surface area (Å²) in [6.07, 6.45) is 0. The number of thioether (sulfide) groups is 1. The van der Waals surface area contributed by atoms with Crippen molar-refractivity contribution in [2.45, 2.75) is 24.7 Å². The number of nitrogens with zero attached hydrogens (tertiary/aromatic N) is 3. The Bertz CT molecular complexity index is 1260. The first-order valence-corrected chi connectivity index (χ1v) is 11.1. The van der Waals surface area contributed by atoms with Crippen LogP contribution in [0, 0.1) is 0 Å². The van der Waals surface area contributed by atoms with Gasteiger partial charge in [-0.15, -0.1) is 10.2 Å². The van der Waals surface area contributed by atoms with Crippen molar-refractivity contribution in [2.24, 2.45) is 0 Å². The van der Waals surface area contributed by atoms with Crippen LogP contribution in [0.15, 0.2) is 71.9 Å². The summed E-state index contributed by atoms with van der Waals surface area (Å²) in [4.78, 5) is 12.5. The highest BCUT2D eigenvalue weighted by atomic mass is 32.2. The molecule has 1 atom stereocenters. The number of fused-ring (bicyclic) bond motifs is 1. The van der Waals surface area contributed by atoms with Crippen LogP contribution in [0.25, 0.3) is 22.2 Å². The Labute approximate surface area is 192 Å². The molecule has 0 saturated heterocycles. The molecule has 1 amide bonds. The van der Waals surface area contributed by atoms with Gasteiger partial charge in [-0.1, -0.05) is 48.2 Å². The van der Waals surface area contributed by atoms with E-state index >= 15 is 0 Å². The Morgan fingerprint density at radius 3 is 2.55 bits per heavy atom. The van der Waals surface area contributed by atoms with Gasteiger partial charge in [-0.2, -0.15) is 8.78 Å². The fourth-order valence-corrected chi connectivity index (χ4v) is 4.00. The van der Waals surface area contributed by atoms with Crippen LogP contribution in [0.1, 0.15) is 18.5 Å². The Hall–Kier alpha value is -3.66. The summed E-state index contributed by atoms with van der Waals surface area (Å²) in [5.41, 5.74) is 1.59. The molecular weight excluding hydrogens is 448 g/mol. The Morgan fingerprint density at radius 2 is 1.82 bits per heavy atom. The van der Waals surface area contributed by atoms with Gasteiger partial charge in [-0.05, 0) is 53.6 Å². The summed E-state index contributed by atoms with van der Waals surface area (Å²) in [7, 11) is 0. The van der Waals surface area contributed by atoms with E-state index in [2.05, 4.69) is 26.3 Å². The average Bonchev–Trinajstić information content (AvgIpc) is 3.17. The number of hydrogen-bond donors (Lipinski definition) is 2. The van der Waals surface area contributed by atoms with E-state index in [1.54, 1.807) is 12.1 Å². The van der Waals surface area contributed by atoms with Gasteiger partial charge >= 0.3 is 6.61 Å². The maximum absolute atomic E-state index is 12.5. The van der Waals surface area contributed by atoms with Crippen LogP contribution in [0.4, 0.5) is 8.78 Å². The van der Waals surface area contributed by atoms with Crippen molar-refractivity contribution in [2.75, 3.05) is 11.6 Å². The first-order valence-electron chi connectivity index (χ1n) is 10.1. The minimum absolute atomic E-state index is 0.0311. The van der Waals surface area contributed by atoms with Gasteiger partial charge in [-0.3, -0.25) is 4.79 Å². The molecule has 0 aliphatic carbocycles. The second-order valence-electron chi connectivity index (χ2n) is 7.26. The molecular formula is C23H21F2N5O2S. The maximum Gasteiger partial charge on any atom is 0.387 e. The standard InChI is InChI=1S/C23H21F2N5O2S/c1-14(17-7-6-15-4-2-3-5-18(15)12-17)27-20(31)13-33-23-29-28-21(30(23)26)16-8-10-19(11-9-16)32-22(24)25/h2-12,14,22H,13,26H2,1H3,(H,27,31). The zero-order valence-corrected chi connectivity index (χ0v) is 18.4. The van der Waals surface area contributed by atoms with Gasteiger partial charge in [-0.25, -0.2) is 4.68 Å². The Kier molecular flexibility index (Phi) is 6.74. The Balaban J connectivity index is 1.36. The molecule has 3 N–H and O–H groups in total. The van der Waals surface area contributed by atoms with E-state index in [0.29, 0.717) is 16.5 Å². The van der Waals surface area contributed by atoms with Crippen molar-refractivity contribution in [1.29, 1.82) is 0 Å². The van der Waals surface area contributed by atoms with Gasteiger partial charge in [0.15, 0.2) is 5.82 Å². The average molecular weight is 470 g/mol. The number of rotatable bonds is 8. The minimum Gasteiger partial charge on any atom is -0.435 e. The number of hydrogen-bond acceptors (Lipinski definition) is 6. The third kappa shape index (κ3) is 5.40. The molecule has 1 heterocycles. The highest BCUT2D eigenvalue weighted by Crippen LogP contribution is 2.25. The van der Waals surface area contributed by atoms with Crippen molar-refractivity contribution in [1.82, 2.24) is 20.2 Å². The molecule has 1 aromatic heterocycles. The molecule has 0 fully saturated rings. The highest BCUT2D eigenvalue weighted by Gasteiger charge is 2.16. The molecule has 7 nitrogen and oxygen atoms in total. The molecule has 0 radical (unpaired) electrons. The summed E-state index contributed by atoms with van der Waals surface area (Å²) in [6, 6.07) is 19.9. The minimum atomic E-state index is -2.90.